The van der Waals surface area contributed by atoms with E-state index in [0.717, 1.165) is 17.0 Å². The lowest BCUT2D eigenvalue weighted by Gasteiger charge is -2.08. The van der Waals surface area contributed by atoms with Gasteiger partial charge >= 0.3 is 0 Å². The van der Waals surface area contributed by atoms with Crippen molar-refractivity contribution in [2.24, 2.45) is 0 Å². The number of hydrogen-bond acceptors (Lipinski definition) is 2. The van der Waals surface area contributed by atoms with E-state index in [1.54, 1.807) is 6.07 Å². The number of carbonyl (C=O) groups is 1. The third-order valence-electron chi connectivity index (χ3n) is 3.02. The molecular weight excluding hydrogens is 286 g/mol. The van der Waals surface area contributed by atoms with Gasteiger partial charge in [-0.05, 0) is 43.2 Å². The summed E-state index contributed by atoms with van der Waals surface area (Å²) in [5.41, 5.74) is 1.71. The first-order valence-electron chi connectivity index (χ1n) is 6.89. The fraction of sp³-hybridized carbons (Fsp3) is 0.235. The summed E-state index contributed by atoms with van der Waals surface area (Å²) in [6.45, 7) is 2.45. The number of rotatable bonds is 6. The SMILES string of the molecule is Cc1ccc(NC(=O)CCCOc2ccccc2)cc1Cl. The molecule has 0 atom stereocenters. The van der Waals surface area contributed by atoms with Crippen LogP contribution in [0.15, 0.2) is 48.5 Å². The van der Waals surface area contributed by atoms with Crippen molar-refractivity contribution in [1.82, 2.24) is 0 Å². The molecule has 0 spiro atoms. The van der Waals surface area contributed by atoms with Crippen LogP contribution in [0.4, 0.5) is 5.69 Å². The lowest BCUT2D eigenvalue weighted by molar-refractivity contribution is -0.116. The minimum absolute atomic E-state index is 0.0356. The van der Waals surface area contributed by atoms with Gasteiger partial charge in [-0.3, -0.25) is 4.79 Å². The highest BCUT2D eigenvalue weighted by Gasteiger charge is 2.04. The number of benzene rings is 2. The first-order valence-corrected chi connectivity index (χ1v) is 7.27. The standard InChI is InChI=1S/C17H18ClNO2/c1-13-9-10-14(12-16(13)18)19-17(20)8-5-11-21-15-6-3-2-4-7-15/h2-4,6-7,9-10,12H,5,8,11H2,1H3,(H,19,20). The van der Waals surface area contributed by atoms with Gasteiger partial charge in [0.2, 0.25) is 5.91 Å². The van der Waals surface area contributed by atoms with Gasteiger partial charge in [-0.1, -0.05) is 35.9 Å². The number of ether oxygens (including phenoxy) is 1. The van der Waals surface area contributed by atoms with E-state index in [0.29, 0.717) is 24.5 Å². The third kappa shape index (κ3) is 5.12. The Balaban J connectivity index is 1.71. The fourth-order valence-corrected chi connectivity index (χ4v) is 2.01. The highest BCUT2D eigenvalue weighted by Crippen LogP contribution is 2.20. The van der Waals surface area contributed by atoms with Crippen LogP contribution in [0.5, 0.6) is 5.75 Å². The molecule has 3 nitrogen and oxygen atoms in total. The monoisotopic (exact) mass is 303 g/mol. The Morgan fingerprint density at radius 1 is 1.19 bits per heavy atom. The van der Waals surface area contributed by atoms with E-state index < -0.39 is 0 Å². The Hall–Kier alpha value is -2.00. The van der Waals surface area contributed by atoms with Gasteiger partial charge in [0.25, 0.3) is 0 Å². The van der Waals surface area contributed by atoms with Crippen molar-refractivity contribution in [2.45, 2.75) is 19.8 Å². The summed E-state index contributed by atoms with van der Waals surface area (Å²) < 4.78 is 5.54. The van der Waals surface area contributed by atoms with E-state index in [4.69, 9.17) is 16.3 Å². The summed E-state index contributed by atoms with van der Waals surface area (Å²) >= 11 is 6.02. The number of carbonyl (C=O) groups excluding carboxylic acids is 1. The van der Waals surface area contributed by atoms with Crippen LogP contribution in [0, 0.1) is 6.92 Å². The van der Waals surface area contributed by atoms with Gasteiger partial charge in [0.05, 0.1) is 6.61 Å². The summed E-state index contributed by atoms with van der Waals surface area (Å²) in [5.74, 6) is 0.787. The molecule has 0 unspecified atom stereocenters. The molecule has 0 bridgehead atoms. The van der Waals surface area contributed by atoms with Gasteiger partial charge in [-0.15, -0.1) is 0 Å². The van der Waals surface area contributed by atoms with Crippen molar-refractivity contribution in [3.63, 3.8) is 0 Å². The zero-order chi connectivity index (χ0) is 15.1. The number of para-hydroxylation sites is 1. The number of anilines is 1. The second-order valence-electron chi connectivity index (χ2n) is 4.78. The molecule has 0 aromatic heterocycles. The molecule has 0 aliphatic heterocycles. The predicted molar refractivity (Wildman–Crippen MR) is 86.0 cm³/mol. The van der Waals surface area contributed by atoms with Crippen LogP contribution < -0.4 is 10.1 Å². The number of amides is 1. The van der Waals surface area contributed by atoms with Gasteiger partial charge in [0, 0.05) is 17.1 Å². The van der Waals surface area contributed by atoms with E-state index in [-0.39, 0.29) is 5.91 Å². The molecular formula is C17H18ClNO2. The smallest absolute Gasteiger partial charge is 0.224 e. The van der Waals surface area contributed by atoms with Crippen molar-refractivity contribution in [1.29, 1.82) is 0 Å². The number of nitrogens with one attached hydrogen (secondary N) is 1. The highest BCUT2D eigenvalue weighted by atomic mass is 35.5. The molecule has 2 rings (SSSR count). The molecule has 0 saturated carbocycles. The summed E-state index contributed by atoms with van der Waals surface area (Å²) in [7, 11) is 0. The molecule has 1 N–H and O–H groups in total. The average Bonchev–Trinajstić information content (AvgIpc) is 2.49. The van der Waals surface area contributed by atoms with Crippen LogP contribution in [-0.4, -0.2) is 12.5 Å². The van der Waals surface area contributed by atoms with Gasteiger partial charge < -0.3 is 10.1 Å². The molecule has 21 heavy (non-hydrogen) atoms. The minimum atomic E-state index is -0.0356. The van der Waals surface area contributed by atoms with E-state index >= 15 is 0 Å². The maximum atomic E-state index is 11.8. The molecule has 0 saturated heterocycles. The zero-order valence-electron chi connectivity index (χ0n) is 11.9. The van der Waals surface area contributed by atoms with Crippen molar-refractivity contribution in [3.8, 4) is 5.75 Å². The Labute approximate surface area is 129 Å². The lowest BCUT2D eigenvalue weighted by Crippen LogP contribution is -2.12. The average molecular weight is 304 g/mol. The fourth-order valence-electron chi connectivity index (χ4n) is 1.83. The normalized spacial score (nSPS) is 10.2. The Morgan fingerprint density at radius 2 is 1.95 bits per heavy atom. The molecule has 110 valence electrons. The van der Waals surface area contributed by atoms with Crippen LogP contribution in [-0.2, 0) is 4.79 Å². The van der Waals surface area contributed by atoms with E-state index in [1.165, 1.54) is 0 Å². The van der Waals surface area contributed by atoms with Crippen molar-refractivity contribution in [2.75, 3.05) is 11.9 Å². The predicted octanol–water partition coefficient (Wildman–Crippen LogP) is 4.45. The van der Waals surface area contributed by atoms with Crippen molar-refractivity contribution >= 4 is 23.2 Å². The zero-order valence-corrected chi connectivity index (χ0v) is 12.7. The third-order valence-corrected chi connectivity index (χ3v) is 3.42. The van der Waals surface area contributed by atoms with Crippen molar-refractivity contribution < 1.29 is 9.53 Å². The summed E-state index contributed by atoms with van der Waals surface area (Å²) in [5, 5.41) is 3.48. The molecule has 1 amide bonds. The van der Waals surface area contributed by atoms with Crippen LogP contribution in [0.25, 0.3) is 0 Å². The number of hydrogen-bond donors (Lipinski definition) is 1. The first kappa shape index (κ1) is 15.4. The quantitative estimate of drug-likeness (QED) is 0.801. The van der Waals surface area contributed by atoms with E-state index in [1.807, 2.05) is 49.4 Å². The van der Waals surface area contributed by atoms with E-state index in [2.05, 4.69) is 5.32 Å². The number of aryl methyl sites for hydroxylation is 1. The molecule has 0 fully saturated rings. The molecule has 0 radical (unpaired) electrons. The minimum Gasteiger partial charge on any atom is -0.494 e. The maximum absolute atomic E-state index is 11.8. The van der Waals surface area contributed by atoms with Crippen LogP contribution in [0.1, 0.15) is 18.4 Å². The summed E-state index contributed by atoms with van der Waals surface area (Å²) in [6.07, 6.45) is 1.08. The molecule has 0 aliphatic rings. The number of halogens is 1. The van der Waals surface area contributed by atoms with Crippen LogP contribution in [0.2, 0.25) is 5.02 Å². The topological polar surface area (TPSA) is 38.3 Å². The van der Waals surface area contributed by atoms with Crippen LogP contribution in [0.3, 0.4) is 0 Å². The van der Waals surface area contributed by atoms with Gasteiger partial charge in [0.1, 0.15) is 5.75 Å². The molecule has 0 heterocycles. The summed E-state index contributed by atoms with van der Waals surface area (Å²) in [4.78, 5) is 11.8. The Kier molecular flexibility index (Phi) is 5.64. The Bertz CT molecular complexity index is 599. The van der Waals surface area contributed by atoms with Crippen LogP contribution >= 0.6 is 11.6 Å². The van der Waals surface area contributed by atoms with Crippen molar-refractivity contribution in [3.05, 3.63) is 59.1 Å². The molecule has 2 aromatic carbocycles. The van der Waals surface area contributed by atoms with Gasteiger partial charge in [-0.2, -0.15) is 0 Å². The Morgan fingerprint density at radius 3 is 2.67 bits per heavy atom. The first-order chi connectivity index (χ1) is 10.1. The molecule has 0 aliphatic carbocycles. The van der Waals surface area contributed by atoms with Gasteiger partial charge in [0.15, 0.2) is 0 Å². The lowest BCUT2D eigenvalue weighted by atomic mass is 10.2. The summed E-state index contributed by atoms with van der Waals surface area (Å²) in [6, 6.07) is 15.1. The van der Waals surface area contributed by atoms with E-state index in [9.17, 15) is 4.79 Å². The molecule has 2 aromatic rings. The largest absolute Gasteiger partial charge is 0.494 e. The maximum Gasteiger partial charge on any atom is 0.224 e. The van der Waals surface area contributed by atoms with Gasteiger partial charge in [-0.25, -0.2) is 0 Å². The second kappa shape index (κ2) is 7.70. The molecule has 4 heteroatoms. The second-order valence-corrected chi connectivity index (χ2v) is 5.18. The highest BCUT2D eigenvalue weighted by molar-refractivity contribution is 6.31.